The first-order valence-electron chi connectivity index (χ1n) is 6.84. The van der Waals surface area contributed by atoms with Gasteiger partial charge in [0.1, 0.15) is 5.82 Å². The Balaban J connectivity index is 2.20. The van der Waals surface area contributed by atoms with E-state index in [1.54, 1.807) is 6.07 Å². The minimum atomic E-state index is -0.159. The predicted octanol–water partition coefficient (Wildman–Crippen LogP) is 4.82. The van der Waals surface area contributed by atoms with Gasteiger partial charge in [0, 0.05) is 10.5 Å². The van der Waals surface area contributed by atoms with Crippen LogP contribution in [0.2, 0.25) is 0 Å². The number of hydrogen-bond acceptors (Lipinski definition) is 1. The SMILES string of the molecule is CNC(c1cc(F)cc(Br)c1)C1CCCCCC1. The minimum Gasteiger partial charge on any atom is -0.313 e. The van der Waals surface area contributed by atoms with Gasteiger partial charge in [-0.1, -0.05) is 41.6 Å². The van der Waals surface area contributed by atoms with E-state index in [9.17, 15) is 4.39 Å². The molecule has 1 aromatic carbocycles. The third-order valence-corrected chi connectivity index (χ3v) is 4.38. The van der Waals surface area contributed by atoms with Crippen LogP contribution in [0.5, 0.6) is 0 Å². The monoisotopic (exact) mass is 313 g/mol. The van der Waals surface area contributed by atoms with E-state index in [0.717, 1.165) is 10.0 Å². The molecule has 0 aliphatic heterocycles. The maximum atomic E-state index is 13.5. The van der Waals surface area contributed by atoms with E-state index < -0.39 is 0 Å². The van der Waals surface area contributed by atoms with Gasteiger partial charge in [-0.2, -0.15) is 0 Å². The summed E-state index contributed by atoms with van der Waals surface area (Å²) in [6.07, 6.45) is 7.80. The largest absolute Gasteiger partial charge is 0.313 e. The van der Waals surface area contributed by atoms with Crippen molar-refractivity contribution in [1.29, 1.82) is 0 Å². The van der Waals surface area contributed by atoms with Crippen molar-refractivity contribution in [2.45, 2.75) is 44.6 Å². The van der Waals surface area contributed by atoms with Gasteiger partial charge in [0.15, 0.2) is 0 Å². The second-order valence-electron chi connectivity index (χ2n) is 5.22. The molecule has 1 atom stereocenters. The molecular formula is C15H21BrFN. The maximum absolute atomic E-state index is 13.5. The molecule has 0 aromatic heterocycles. The van der Waals surface area contributed by atoms with Crippen LogP contribution >= 0.6 is 15.9 Å². The summed E-state index contributed by atoms with van der Waals surface area (Å²) in [7, 11) is 1.98. The summed E-state index contributed by atoms with van der Waals surface area (Å²) in [5.74, 6) is 0.472. The van der Waals surface area contributed by atoms with Crippen LogP contribution in [0, 0.1) is 11.7 Å². The predicted molar refractivity (Wildman–Crippen MR) is 77.1 cm³/mol. The zero-order valence-electron chi connectivity index (χ0n) is 10.9. The third kappa shape index (κ3) is 3.55. The average molecular weight is 314 g/mol. The van der Waals surface area contributed by atoms with Crippen molar-refractivity contribution in [2.75, 3.05) is 7.05 Å². The lowest BCUT2D eigenvalue weighted by Gasteiger charge is -2.26. The summed E-state index contributed by atoms with van der Waals surface area (Å²) >= 11 is 3.38. The quantitative estimate of drug-likeness (QED) is 0.789. The first kappa shape index (κ1) is 14.0. The zero-order valence-corrected chi connectivity index (χ0v) is 12.5. The molecule has 0 radical (unpaired) electrons. The highest BCUT2D eigenvalue weighted by atomic mass is 79.9. The van der Waals surface area contributed by atoms with Crippen molar-refractivity contribution in [2.24, 2.45) is 5.92 Å². The molecule has 1 saturated carbocycles. The summed E-state index contributed by atoms with van der Waals surface area (Å²) in [6.45, 7) is 0. The van der Waals surface area contributed by atoms with Gasteiger partial charge < -0.3 is 5.32 Å². The van der Waals surface area contributed by atoms with E-state index >= 15 is 0 Å². The number of rotatable bonds is 3. The molecule has 100 valence electrons. The van der Waals surface area contributed by atoms with E-state index in [1.165, 1.54) is 44.6 Å². The molecule has 1 fully saturated rings. The van der Waals surface area contributed by atoms with Crippen LogP contribution < -0.4 is 5.32 Å². The molecule has 0 saturated heterocycles. The molecule has 1 N–H and O–H groups in total. The fourth-order valence-electron chi connectivity index (χ4n) is 3.07. The third-order valence-electron chi connectivity index (χ3n) is 3.93. The average Bonchev–Trinajstić information content (AvgIpc) is 2.58. The number of halogens is 2. The Morgan fingerprint density at radius 1 is 1.17 bits per heavy atom. The molecule has 2 rings (SSSR count). The van der Waals surface area contributed by atoms with Crippen molar-refractivity contribution in [3.8, 4) is 0 Å². The van der Waals surface area contributed by atoms with Crippen LogP contribution in [0.25, 0.3) is 0 Å². The maximum Gasteiger partial charge on any atom is 0.124 e. The van der Waals surface area contributed by atoms with Crippen LogP contribution in [-0.4, -0.2) is 7.05 Å². The molecule has 0 heterocycles. The Morgan fingerprint density at radius 2 is 1.83 bits per heavy atom. The van der Waals surface area contributed by atoms with Gasteiger partial charge in [0.2, 0.25) is 0 Å². The van der Waals surface area contributed by atoms with Gasteiger partial charge in [-0.3, -0.25) is 0 Å². The second kappa shape index (κ2) is 6.67. The molecular weight excluding hydrogens is 293 g/mol. The first-order chi connectivity index (χ1) is 8.70. The van der Waals surface area contributed by atoms with Crippen LogP contribution in [0.3, 0.4) is 0 Å². The molecule has 1 aromatic rings. The zero-order chi connectivity index (χ0) is 13.0. The summed E-state index contributed by atoms with van der Waals surface area (Å²) in [5.41, 5.74) is 1.07. The van der Waals surface area contributed by atoms with Gasteiger partial charge in [-0.25, -0.2) is 4.39 Å². The molecule has 0 bridgehead atoms. The Morgan fingerprint density at radius 3 is 2.39 bits per heavy atom. The van der Waals surface area contributed by atoms with Crippen molar-refractivity contribution >= 4 is 15.9 Å². The number of benzene rings is 1. The number of hydrogen-bond donors (Lipinski definition) is 1. The van der Waals surface area contributed by atoms with E-state index in [-0.39, 0.29) is 11.9 Å². The smallest absolute Gasteiger partial charge is 0.124 e. The second-order valence-corrected chi connectivity index (χ2v) is 6.14. The highest BCUT2D eigenvalue weighted by Crippen LogP contribution is 2.34. The Hall–Kier alpha value is -0.410. The topological polar surface area (TPSA) is 12.0 Å². The molecule has 0 amide bonds. The van der Waals surface area contributed by atoms with Crippen molar-refractivity contribution in [3.63, 3.8) is 0 Å². The molecule has 0 spiro atoms. The lowest BCUT2D eigenvalue weighted by atomic mass is 9.87. The lowest BCUT2D eigenvalue weighted by Crippen LogP contribution is -2.25. The summed E-state index contributed by atoms with van der Waals surface area (Å²) in [4.78, 5) is 0. The summed E-state index contributed by atoms with van der Waals surface area (Å²) in [6, 6.07) is 5.49. The van der Waals surface area contributed by atoms with Crippen LogP contribution in [-0.2, 0) is 0 Å². The molecule has 1 unspecified atom stereocenters. The van der Waals surface area contributed by atoms with Crippen molar-refractivity contribution < 1.29 is 4.39 Å². The molecule has 3 heteroatoms. The van der Waals surface area contributed by atoms with Crippen molar-refractivity contribution in [1.82, 2.24) is 5.32 Å². The van der Waals surface area contributed by atoms with Crippen LogP contribution in [0.4, 0.5) is 4.39 Å². The summed E-state index contributed by atoms with van der Waals surface area (Å²) < 4.78 is 14.3. The van der Waals surface area contributed by atoms with Gasteiger partial charge in [-0.15, -0.1) is 0 Å². The highest BCUT2D eigenvalue weighted by molar-refractivity contribution is 9.10. The molecule has 18 heavy (non-hydrogen) atoms. The van der Waals surface area contributed by atoms with Gasteiger partial charge in [0.05, 0.1) is 0 Å². The molecule has 1 aliphatic rings. The van der Waals surface area contributed by atoms with Gasteiger partial charge >= 0.3 is 0 Å². The fourth-order valence-corrected chi connectivity index (χ4v) is 3.56. The Bertz CT molecular complexity index is 366. The van der Waals surface area contributed by atoms with E-state index in [0.29, 0.717) is 5.92 Å². The first-order valence-corrected chi connectivity index (χ1v) is 7.63. The Labute approximate surface area is 117 Å². The van der Waals surface area contributed by atoms with E-state index in [1.807, 2.05) is 13.1 Å². The van der Waals surface area contributed by atoms with Crippen LogP contribution in [0.15, 0.2) is 22.7 Å². The van der Waals surface area contributed by atoms with Crippen molar-refractivity contribution in [3.05, 3.63) is 34.1 Å². The standard InChI is InChI=1S/C15H21BrFN/c1-18-15(11-6-4-2-3-5-7-11)12-8-13(16)10-14(17)9-12/h8-11,15,18H,2-7H2,1H3. The highest BCUT2D eigenvalue weighted by Gasteiger charge is 2.23. The van der Waals surface area contributed by atoms with E-state index in [2.05, 4.69) is 21.2 Å². The minimum absolute atomic E-state index is 0.159. The number of nitrogens with one attached hydrogen (secondary N) is 1. The van der Waals surface area contributed by atoms with Gasteiger partial charge in [-0.05, 0) is 49.6 Å². The van der Waals surface area contributed by atoms with E-state index in [4.69, 9.17) is 0 Å². The normalized spacial score (nSPS) is 19.5. The Kier molecular flexibility index (Phi) is 5.19. The molecule has 1 aliphatic carbocycles. The summed E-state index contributed by atoms with van der Waals surface area (Å²) in [5, 5.41) is 3.38. The molecule has 1 nitrogen and oxygen atoms in total. The van der Waals surface area contributed by atoms with Gasteiger partial charge in [0.25, 0.3) is 0 Å². The van der Waals surface area contributed by atoms with Crippen LogP contribution in [0.1, 0.15) is 50.1 Å². The fraction of sp³-hybridized carbons (Fsp3) is 0.600. The lowest BCUT2D eigenvalue weighted by molar-refractivity contribution is 0.340.